The highest BCUT2D eigenvalue weighted by molar-refractivity contribution is 6.06. The molecule has 0 aliphatic rings. The molecule has 156 valence electrons. The zero-order chi connectivity index (χ0) is 22.1. The van der Waals surface area contributed by atoms with Crippen molar-refractivity contribution < 1.29 is 14.3 Å². The van der Waals surface area contributed by atoms with E-state index in [1.54, 1.807) is 7.11 Å². The molecular formula is C27H25NO3. The smallest absolute Gasteiger partial charge is 0.344 e. The van der Waals surface area contributed by atoms with Crippen molar-refractivity contribution in [2.24, 2.45) is 0 Å². The van der Waals surface area contributed by atoms with E-state index in [1.165, 1.54) is 0 Å². The van der Waals surface area contributed by atoms with E-state index >= 15 is 0 Å². The Bertz CT molecular complexity index is 1270. The van der Waals surface area contributed by atoms with Crippen molar-refractivity contribution in [1.29, 1.82) is 0 Å². The molecule has 1 aromatic heterocycles. The van der Waals surface area contributed by atoms with Gasteiger partial charge in [-0.3, -0.25) is 0 Å². The molecule has 0 spiro atoms. The Labute approximate surface area is 182 Å². The monoisotopic (exact) mass is 411 g/mol. The first kappa shape index (κ1) is 20.6. The summed E-state index contributed by atoms with van der Waals surface area (Å²) >= 11 is 0. The minimum Gasteiger partial charge on any atom is -0.497 e. The summed E-state index contributed by atoms with van der Waals surface area (Å²) in [5.74, 6) is 0.989. The topological polar surface area (TPSA) is 48.4 Å². The van der Waals surface area contributed by atoms with Gasteiger partial charge in [-0.1, -0.05) is 29.8 Å². The molecule has 0 aliphatic heterocycles. The summed E-state index contributed by atoms with van der Waals surface area (Å²) in [5, 5.41) is 0.797. The predicted molar refractivity (Wildman–Crippen MR) is 124 cm³/mol. The van der Waals surface area contributed by atoms with Gasteiger partial charge < -0.3 is 9.47 Å². The molecule has 31 heavy (non-hydrogen) atoms. The number of fused-ring (bicyclic) bond motifs is 1. The van der Waals surface area contributed by atoms with E-state index in [0.717, 1.165) is 50.2 Å². The molecular weight excluding hydrogens is 386 g/mol. The van der Waals surface area contributed by atoms with Gasteiger partial charge in [-0.15, -0.1) is 0 Å². The van der Waals surface area contributed by atoms with Gasteiger partial charge in [0.15, 0.2) is 0 Å². The summed E-state index contributed by atoms with van der Waals surface area (Å²) in [4.78, 5) is 18.2. The lowest BCUT2D eigenvalue weighted by molar-refractivity contribution is 0.0734. The van der Waals surface area contributed by atoms with Crippen LogP contribution in [0.4, 0.5) is 0 Å². The van der Waals surface area contributed by atoms with Crippen LogP contribution in [0.25, 0.3) is 22.2 Å². The Kier molecular flexibility index (Phi) is 5.47. The number of methoxy groups -OCH3 is 1. The average Bonchev–Trinajstić information content (AvgIpc) is 2.75. The molecule has 4 heteroatoms. The van der Waals surface area contributed by atoms with Crippen molar-refractivity contribution in [2.45, 2.75) is 27.7 Å². The number of aromatic nitrogens is 1. The Morgan fingerprint density at radius 3 is 2.16 bits per heavy atom. The summed E-state index contributed by atoms with van der Waals surface area (Å²) in [7, 11) is 1.64. The average molecular weight is 412 g/mol. The highest BCUT2D eigenvalue weighted by Crippen LogP contribution is 2.31. The van der Waals surface area contributed by atoms with Gasteiger partial charge in [0, 0.05) is 10.9 Å². The maximum atomic E-state index is 13.4. The third-order valence-electron chi connectivity index (χ3n) is 5.46. The number of aryl methyl sites for hydroxylation is 4. The van der Waals surface area contributed by atoms with E-state index in [2.05, 4.69) is 6.07 Å². The van der Waals surface area contributed by atoms with Crippen LogP contribution in [0.2, 0.25) is 0 Å². The first-order chi connectivity index (χ1) is 14.9. The van der Waals surface area contributed by atoms with Gasteiger partial charge >= 0.3 is 5.97 Å². The Balaban J connectivity index is 1.88. The molecule has 0 N–H and O–H groups in total. The third kappa shape index (κ3) is 4.02. The van der Waals surface area contributed by atoms with Crippen molar-refractivity contribution in [3.05, 3.63) is 88.5 Å². The van der Waals surface area contributed by atoms with E-state index in [9.17, 15) is 4.79 Å². The van der Waals surface area contributed by atoms with Gasteiger partial charge in [-0.25, -0.2) is 9.78 Å². The molecule has 3 aromatic carbocycles. The zero-order valence-corrected chi connectivity index (χ0v) is 18.4. The van der Waals surface area contributed by atoms with Crippen LogP contribution >= 0.6 is 0 Å². The first-order valence-electron chi connectivity index (χ1n) is 10.2. The maximum absolute atomic E-state index is 13.4. The highest BCUT2D eigenvalue weighted by atomic mass is 16.5. The molecule has 0 saturated heterocycles. The molecule has 0 aliphatic carbocycles. The fourth-order valence-corrected chi connectivity index (χ4v) is 3.87. The molecule has 0 saturated carbocycles. The van der Waals surface area contributed by atoms with E-state index in [1.807, 2.05) is 82.3 Å². The van der Waals surface area contributed by atoms with Crippen LogP contribution in [0.15, 0.2) is 60.7 Å². The minimum atomic E-state index is -0.385. The normalized spacial score (nSPS) is 10.9. The number of rotatable bonds is 4. The number of benzene rings is 3. The van der Waals surface area contributed by atoms with E-state index in [-0.39, 0.29) is 5.97 Å². The van der Waals surface area contributed by atoms with E-state index in [0.29, 0.717) is 11.3 Å². The molecule has 0 atom stereocenters. The quantitative estimate of drug-likeness (QED) is 0.289. The second kappa shape index (κ2) is 8.23. The molecule has 0 radical (unpaired) electrons. The number of esters is 1. The lowest BCUT2D eigenvalue weighted by Crippen LogP contribution is -2.12. The van der Waals surface area contributed by atoms with Crippen LogP contribution in [-0.2, 0) is 0 Å². The number of carbonyl (C=O) groups excluding carboxylic acids is 1. The number of hydrogen-bond donors (Lipinski definition) is 0. The van der Waals surface area contributed by atoms with Crippen LogP contribution in [0, 0.1) is 27.7 Å². The van der Waals surface area contributed by atoms with Gasteiger partial charge in [-0.05, 0) is 80.8 Å². The van der Waals surface area contributed by atoms with Crippen molar-refractivity contribution >= 4 is 16.9 Å². The number of ether oxygens (including phenoxy) is 2. The van der Waals surface area contributed by atoms with Crippen molar-refractivity contribution in [1.82, 2.24) is 4.98 Å². The number of carbonyl (C=O) groups is 1. The number of para-hydroxylation sites is 1. The first-order valence-corrected chi connectivity index (χ1v) is 10.2. The van der Waals surface area contributed by atoms with Crippen LogP contribution < -0.4 is 9.47 Å². The third-order valence-corrected chi connectivity index (χ3v) is 5.46. The standard InChI is InChI=1S/C27H25NO3/c1-16-13-19(4)25-22(14-16)23(27(29)31-26-17(2)7-6-8-18(26)3)15-24(28-25)20-9-11-21(30-5)12-10-20/h6-15H,1-5H3. The molecule has 4 aromatic rings. The second-order valence-corrected chi connectivity index (χ2v) is 7.87. The SMILES string of the molecule is COc1ccc(-c2cc(C(=O)Oc3c(C)cccc3C)c3cc(C)cc(C)c3n2)cc1. The van der Waals surface area contributed by atoms with Gasteiger partial charge in [-0.2, -0.15) is 0 Å². The second-order valence-electron chi connectivity index (χ2n) is 7.87. The summed E-state index contributed by atoms with van der Waals surface area (Å²) < 4.78 is 11.2. The van der Waals surface area contributed by atoms with Crippen molar-refractivity contribution in [2.75, 3.05) is 7.11 Å². The van der Waals surface area contributed by atoms with Gasteiger partial charge in [0.05, 0.1) is 23.9 Å². The largest absolute Gasteiger partial charge is 0.497 e. The van der Waals surface area contributed by atoms with E-state index < -0.39 is 0 Å². The molecule has 4 rings (SSSR count). The lowest BCUT2D eigenvalue weighted by Gasteiger charge is -2.14. The summed E-state index contributed by atoms with van der Waals surface area (Å²) in [5.41, 5.74) is 6.87. The van der Waals surface area contributed by atoms with Crippen LogP contribution in [0.1, 0.15) is 32.6 Å². The number of nitrogens with zero attached hydrogens (tertiary/aromatic N) is 1. The Morgan fingerprint density at radius 1 is 0.839 bits per heavy atom. The molecule has 0 unspecified atom stereocenters. The van der Waals surface area contributed by atoms with Gasteiger partial charge in [0.25, 0.3) is 0 Å². The predicted octanol–water partition coefficient (Wildman–Crippen LogP) is 6.36. The van der Waals surface area contributed by atoms with Crippen molar-refractivity contribution in [3.63, 3.8) is 0 Å². The zero-order valence-electron chi connectivity index (χ0n) is 18.4. The Morgan fingerprint density at radius 2 is 1.52 bits per heavy atom. The van der Waals surface area contributed by atoms with Crippen LogP contribution in [-0.4, -0.2) is 18.1 Å². The van der Waals surface area contributed by atoms with Crippen molar-refractivity contribution in [3.8, 4) is 22.8 Å². The molecule has 0 amide bonds. The molecule has 0 fully saturated rings. The number of hydrogen-bond acceptors (Lipinski definition) is 4. The number of pyridine rings is 1. The molecule has 1 heterocycles. The summed E-state index contributed by atoms with van der Waals surface area (Å²) in [6.07, 6.45) is 0. The highest BCUT2D eigenvalue weighted by Gasteiger charge is 2.19. The van der Waals surface area contributed by atoms with Gasteiger partial charge in [0.1, 0.15) is 11.5 Å². The Hall–Kier alpha value is -3.66. The fourth-order valence-electron chi connectivity index (χ4n) is 3.87. The summed E-state index contributed by atoms with van der Waals surface area (Å²) in [6, 6.07) is 19.4. The summed E-state index contributed by atoms with van der Waals surface area (Å²) in [6.45, 7) is 7.92. The molecule has 0 bridgehead atoms. The van der Waals surface area contributed by atoms with Crippen LogP contribution in [0.5, 0.6) is 11.5 Å². The van der Waals surface area contributed by atoms with Crippen LogP contribution in [0.3, 0.4) is 0 Å². The fraction of sp³-hybridized carbons (Fsp3) is 0.185. The minimum absolute atomic E-state index is 0.385. The lowest BCUT2D eigenvalue weighted by atomic mass is 9.99. The molecule has 4 nitrogen and oxygen atoms in total. The maximum Gasteiger partial charge on any atom is 0.344 e. The van der Waals surface area contributed by atoms with Gasteiger partial charge in [0.2, 0.25) is 0 Å². The van der Waals surface area contributed by atoms with E-state index in [4.69, 9.17) is 14.5 Å².